The lowest BCUT2D eigenvalue weighted by atomic mass is 10.0. The van der Waals surface area contributed by atoms with Crippen LogP contribution in [0.2, 0.25) is 0 Å². The molecule has 0 radical (unpaired) electrons. The number of benzene rings is 3. The molecule has 1 aliphatic rings. The van der Waals surface area contributed by atoms with Gasteiger partial charge in [0.2, 0.25) is 0 Å². The molecule has 0 atom stereocenters. The average molecular weight is 502 g/mol. The summed E-state index contributed by atoms with van der Waals surface area (Å²) in [5.41, 5.74) is 4.72. The Hall–Kier alpha value is -3.42. The molecule has 5 rings (SSSR count). The van der Waals surface area contributed by atoms with Crippen molar-refractivity contribution in [3.8, 4) is 11.3 Å². The van der Waals surface area contributed by atoms with Gasteiger partial charge < -0.3 is 14.5 Å². The molecule has 0 saturated heterocycles. The van der Waals surface area contributed by atoms with Crippen LogP contribution in [0, 0.1) is 5.82 Å². The lowest BCUT2D eigenvalue weighted by Gasteiger charge is -2.33. The van der Waals surface area contributed by atoms with Crippen molar-refractivity contribution in [3.63, 3.8) is 0 Å². The highest BCUT2D eigenvalue weighted by atomic mass is 32.2. The van der Waals surface area contributed by atoms with E-state index in [1.165, 1.54) is 27.6 Å². The minimum atomic E-state index is -0.482. The van der Waals surface area contributed by atoms with E-state index in [1.807, 2.05) is 6.07 Å². The minimum Gasteiger partial charge on any atom is -0.462 e. The first-order chi connectivity index (χ1) is 17.4. The largest absolute Gasteiger partial charge is 0.462 e. The molecule has 0 spiro atoms. The van der Waals surface area contributed by atoms with E-state index in [9.17, 15) is 9.18 Å². The molecule has 4 aromatic rings. The first-order valence-electron chi connectivity index (χ1n) is 12.1. The van der Waals surface area contributed by atoms with Crippen LogP contribution in [0.15, 0.2) is 76.5 Å². The maximum atomic E-state index is 14.0. The number of hydrogen-bond acceptors (Lipinski definition) is 6. The highest BCUT2D eigenvalue weighted by Crippen LogP contribution is 2.49. The molecule has 0 unspecified atom stereocenters. The second-order valence-electron chi connectivity index (χ2n) is 9.00. The van der Waals surface area contributed by atoms with Crippen LogP contribution in [-0.4, -0.2) is 49.6 Å². The summed E-state index contributed by atoms with van der Waals surface area (Å²) in [6, 6.07) is 20.8. The number of rotatable bonds is 7. The van der Waals surface area contributed by atoms with Crippen LogP contribution in [0.5, 0.6) is 0 Å². The Labute approximate surface area is 214 Å². The van der Waals surface area contributed by atoms with E-state index in [-0.39, 0.29) is 6.61 Å². The summed E-state index contributed by atoms with van der Waals surface area (Å²) < 4.78 is 19.3. The molecule has 0 saturated carbocycles. The molecular formula is C29H28FN3O2S. The summed E-state index contributed by atoms with van der Waals surface area (Å²) in [5, 5.41) is 0.449. The number of ether oxygens (including phenoxy) is 1. The number of carbonyl (C=O) groups is 1. The smallest absolute Gasteiger partial charge is 0.338 e. The monoisotopic (exact) mass is 501 g/mol. The number of aromatic nitrogens is 1. The van der Waals surface area contributed by atoms with E-state index < -0.39 is 11.8 Å². The van der Waals surface area contributed by atoms with Crippen molar-refractivity contribution < 1.29 is 13.9 Å². The highest BCUT2D eigenvalue weighted by Gasteiger charge is 2.24. The van der Waals surface area contributed by atoms with Crippen molar-refractivity contribution in [2.45, 2.75) is 23.1 Å². The number of fused-ring (bicyclic) bond motifs is 3. The molecule has 1 aliphatic heterocycles. The number of pyridine rings is 1. The van der Waals surface area contributed by atoms with Crippen LogP contribution in [0.3, 0.4) is 0 Å². The fraction of sp³-hybridized carbons (Fsp3) is 0.241. The fourth-order valence-electron chi connectivity index (χ4n) is 4.50. The third-order valence-electron chi connectivity index (χ3n) is 6.17. The number of esters is 1. The maximum Gasteiger partial charge on any atom is 0.338 e. The summed E-state index contributed by atoms with van der Waals surface area (Å²) in [7, 11) is 4.18. The second-order valence-corrected chi connectivity index (χ2v) is 10.1. The molecule has 1 aromatic heterocycles. The first-order valence-corrected chi connectivity index (χ1v) is 12.9. The van der Waals surface area contributed by atoms with Crippen LogP contribution in [0.25, 0.3) is 22.2 Å². The highest BCUT2D eigenvalue weighted by molar-refractivity contribution is 7.99. The molecule has 2 heterocycles. The number of anilines is 2. The second kappa shape index (κ2) is 10.3. The topological polar surface area (TPSA) is 45.7 Å². The van der Waals surface area contributed by atoms with Gasteiger partial charge in [-0.3, -0.25) is 0 Å². The lowest BCUT2D eigenvalue weighted by molar-refractivity contribution is 0.0528. The van der Waals surface area contributed by atoms with Crippen molar-refractivity contribution >= 4 is 40.0 Å². The third-order valence-corrected chi connectivity index (χ3v) is 7.30. The van der Waals surface area contributed by atoms with Gasteiger partial charge in [0.1, 0.15) is 5.82 Å². The Balaban J connectivity index is 1.60. The Kier molecular flexibility index (Phi) is 6.94. The van der Waals surface area contributed by atoms with E-state index in [2.05, 4.69) is 60.3 Å². The van der Waals surface area contributed by atoms with Gasteiger partial charge in [0, 0.05) is 27.3 Å². The first kappa shape index (κ1) is 24.3. The van der Waals surface area contributed by atoms with Crippen molar-refractivity contribution in [1.82, 2.24) is 9.88 Å². The summed E-state index contributed by atoms with van der Waals surface area (Å²) >= 11 is 1.76. The zero-order valence-electron chi connectivity index (χ0n) is 20.6. The van der Waals surface area contributed by atoms with E-state index >= 15 is 0 Å². The number of nitrogens with zero attached hydrogens (tertiary/aromatic N) is 3. The van der Waals surface area contributed by atoms with E-state index in [1.54, 1.807) is 30.8 Å². The Morgan fingerprint density at radius 3 is 2.64 bits per heavy atom. The fourth-order valence-corrected chi connectivity index (χ4v) is 5.57. The zero-order chi connectivity index (χ0) is 25.2. The summed E-state index contributed by atoms with van der Waals surface area (Å²) in [6.45, 7) is 3.87. The zero-order valence-corrected chi connectivity index (χ0v) is 21.4. The predicted octanol–water partition coefficient (Wildman–Crippen LogP) is 6.77. The van der Waals surface area contributed by atoms with Gasteiger partial charge in [0.15, 0.2) is 0 Å². The number of hydrogen-bond donors (Lipinski definition) is 0. The van der Waals surface area contributed by atoms with Gasteiger partial charge >= 0.3 is 5.97 Å². The minimum absolute atomic E-state index is 0.241. The number of para-hydroxylation sites is 1. The van der Waals surface area contributed by atoms with Crippen molar-refractivity contribution in [2.24, 2.45) is 0 Å². The molecule has 0 N–H and O–H groups in total. The Morgan fingerprint density at radius 2 is 1.83 bits per heavy atom. The summed E-state index contributed by atoms with van der Waals surface area (Å²) in [4.78, 5) is 24.5. The molecular weight excluding hydrogens is 473 g/mol. The molecule has 3 aromatic carbocycles. The average Bonchev–Trinajstić information content (AvgIpc) is 2.87. The third kappa shape index (κ3) is 4.81. The van der Waals surface area contributed by atoms with Crippen molar-refractivity contribution in [2.75, 3.05) is 38.7 Å². The van der Waals surface area contributed by atoms with Gasteiger partial charge in [0.05, 0.1) is 34.8 Å². The van der Waals surface area contributed by atoms with Crippen LogP contribution in [0.4, 0.5) is 15.8 Å². The molecule has 5 nitrogen and oxygen atoms in total. The van der Waals surface area contributed by atoms with Crippen LogP contribution in [0.1, 0.15) is 23.7 Å². The molecule has 0 bridgehead atoms. The lowest BCUT2D eigenvalue weighted by Crippen LogP contribution is -2.25. The molecule has 7 heteroatoms. The van der Waals surface area contributed by atoms with Crippen LogP contribution >= 0.6 is 11.8 Å². The summed E-state index contributed by atoms with van der Waals surface area (Å²) in [6.07, 6.45) is 1.02. The normalized spacial score (nSPS) is 12.5. The van der Waals surface area contributed by atoms with Gasteiger partial charge in [-0.05, 0) is 82.5 Å². The molecule has 36 heavy (non-hydrogen) atoms. The predicted molar refractivity (Wildman–Crippen MR) is 144 cm³/mol. The van der Waals surface area contributed by atoms with Crippen molar-refractivity contribution in [1.29, 1.82) is 0 Å². The SMILES string of the molecule is CCOC(=O)c1cc(-c2ccc3c(c2)N(CCCN(C)C)c2ccccc2S3)nc2ccc(F)cc12. The molecule has 0 aliphatic carbocycles. The van der Waals surface area contributed by atoms with Crippen molar-refractivity contribution in [3.05, 3.63) is 78.1 Å². The Morgan fingerprint density at radius 1 is 1.03 bits per heavy atom. The van der Waals surface area contributed by atoms with Gasteiger partial charge in [-0.1, -0.05) is 30.0 Å². The van der Waals surface area contributed by atoms with Gasteiger partial charge in [0.25, 0.3) is 0 Å². The van der Waals surface area contributed by atoms with Gasteiger partial charge in [-0.15, -0.1) is 0 Å². The summed E-state index contributed by atoms with van der Waals surface area (Å²) in [5.74, 6) is -0.898. The molecule has 0 fully saturated rings. The van der Waals surface area contributed by atoms with Crippen LogP contribution in [-0.2, 0) is 4.74 Å². The van der Waals surface area contributed by atoms with E-state index in [4.69, 9.17) is 9.72 Å². The van der Waals surface area contributed by atoms with E-state index in [0.717, 1.165) is 30.8 Å². The number of carbonyl (C=O) groups excluding carboxylic acids is 1. The van der Waals surface area contributed by atoms with Gasteiger partial charge in [-0.25, -0.2) is 14.2 Å². The van der Waals surface area contributed by atoms with E-state index in [0.29, 0.717) is 22.2 Å². The quantitative estimate of drug-likeness (QED) is 0.260. The molecule has 184 valence electrons. The van der Waals surface area contributed by atoms with Crippen LogP contribution < -0.4 is 4.90 Å². The Bertz CT molecular complexity index is 1440. The number of halogens is 1. The molecule has 0 amide bonds. The standard InChI is InChI=1S/C29H28FN3O2S/c1-4-35-29(34)22-18-24(31-23-12-11-20(30)17-21(22)23)19-10-13-28-26(16-19)33(15-7-14-32(2)3)25-8-5-6-9-27(25)36-28/h5-6,8-13,16-18H,4,7,14-15H2,1-3H3. The maximum absolute atomic E-state index is 14.0. The van der Waals surface area contributed by atoms with Gasteiger partial charge in [-0.2, -0.15) is 0 Å².